The quantitative estimate of drug-likeness (QED) is 0.0188. The van der Waals surface area contributed by atoms with E-state index in [9.17, 15) is 48.6 Å². The predicted molar refractivity (Wildman–Crippen MR) is 426 cm³/mol. The van der Waals surface area contributed by atoms with Crippen LogP contribution in [0.1, 0.15) is 350 Å². The molecule has 20 heteroatoms. The van der Waals surface area contributed by atoms with Crippen LogP contribution in [-0.4, -0.2) is 164 Å². The van der Waals surface area contributed by atoms with Gasteiger partial charge in [-0.15, -0.1) is 6.58 Å². The van der Waals surface area contributed by atoms with Crippen LogP contribution in [0, 0.1) is 29.6 Å². The van der Waals surface area contributed by atoms with Gasteiger partial charge >= 0.3 is 29.8 Å². The normalized spacial score (nSPS) is 26.9. The highest BCUT2D eigenvalue weighted by Gasteiger charge is 2.57. The number of ketones is 2. The number of nitrogens with zero attached hydrogens (tertiary/aromatic N) is 1. The zero-order chi connectivity index (χ0) is 79.8. The summed E-state index contributed by atoms with van der Waals surface area (Å²) >= 11 is 0. The molecule has 3 fully saturated rings. The SMILES string of the molecule is C=CC[C@@H]1/C=C(\C)C[C@H](C)C[C@H](OC)[C@H]2O[C@@](O)(C(=O)C(=O)N3CCCC[C@H]3C(=O)O[C@H](/C(C)=C/[C@@H]3CC[C@@H](OC(=O)CCCCCCCCC(=O)OC(COC(=O)CCCCCCCCCCCCCCC)COC(=O)CCCCCCCCCCCCCCC)[C@H](OC)C3)[C@H](C)[C@@H](O)CC1=O)[C@H](C)C[C@@H]2OC. The Morgan fingerprint density at radius 3 is 1.55 bits per heavy atom. The lowest BCUT2D eigenvalue weighted by molar-refractivity contribution is -0.302. The highest BCUT2D eigenvalue weighted by atomic mass is 16.7. The number of hydrogen-bond donors (Lipinski definition) is 2. The number of esters is 5. The molecule has 0 radical (unpaired) electrons. The number of carbonyl (C=O) groups excluding carboxylic acids is 8. The number of ether oxygens (including phenoxy) is 9. The van der Waals surface area contributed by atoms with Crippen LogP contribution in [0.4, 0.5) is 0 Å². The molecule has 0 aromatic carbocycles. The second-order valence-electron chi connectivity index (χ2n) is 32.8. The van der Waals surface area contributed by atoms with Crippen LogP contribution in [0.2, 0.25) is 0 Å². The maximum absolute atomic E-state index is 14.8. The molecule has 4 rings (SSSR count). The number of aliphatic hydroxyl groups excluding tert-OH is 1. The third-order valence-corrected chi connectivity index (χ3v) is 23.3. The largest absolute Gasteiger partial charge is 0.462 e. The van der Waals surface area contributed by atoms with E-state index in [1.165, 1.54) is 148 Å². The molecule has 1 amide bonds. The van der Waals surface area contributed by atoms with Crippen molar-refractivity contribution >= 4 is 47.3 Å². The molecule has 2 saturated heterocycles. The van der Waals surface area contributed by atoms with E-state index < -0.39 is 102 Å². The monoisotopic (exact) mass is 1540 g/mol. The Kier molecular flexibility index (Phi) is 49.9. The minimum absolute atomic E-state index is 0.0310. The van der Waals surface area contributed by atoms with Crippen LogP contribution in [0.5, 0.6) is 0 Å². The van der Waals surface area contributed by atoms with Crippen LogP contribution >= 0.6 is 0 Å². The Morgan fingerprint density at radius 2 is 1.06 bits per heavy atom. The number of hydrogen-bond acceptors (Lipinski definition) is 19. The lowest BCUT2D eigenvalue weighted by Crippen LogP contribution is -2.64. The van der Waals surface area contributed by atoms with Crippen molar-refractivity contribution in [2.24, 2.45) is 29.6 Å². The number of piperidine rings is 1. The first-order valence-electron chi connectivity index (χ1n) is 43.5. The van der Waals surface area contributed by atoms with Crippen molar-refractivity contribution in [1.82, 2.24) is 4.90 Å². The molecular formula is C89H151NO19. The third kappa shape index (κ3) is 37.3. The van der Waals surface area contributed by atoms with Gasteiger partial charge in [0, 0.05) is 77.7 Å². The molecule has 2 bridgehead atoms. The molecule has 3 heterocycles. The van der Waals surface area contributed by atoms with E-state index >= 15 is 0 Å². The van der Waals surface area contributed by atoms with Gasteiger partial charge in [0.05, 0.1) is 24.4 Å². The molecule has 0 spiro atoms. The number of unbranched alkanes of at least 4 members (excludes halogenated alkanes) is 29. The molecule has 0 aromatic heterocycles. The number of allylic oxidation sites excluding steroid dienone is 4. The third-order valence-electron chi connectivity index (χ3n) is 23.3. The first-order chi connectivity index (χ1) is 52.5. The van der Waals surface area contributed by atoms with Gasteiger partial charge in [0.2, 0.25) is 5.79 Å². The average molecular weight is 1540 g/mol. The second-order valence-corrected chi connectivity index (χ2v) is 32.8. The minimum atomic E-state index is -2.56. The Hall–Kier alpha value is -4.86. The lowest BCUT2D eigenvalue weighted by Gasteiger charge is -2.47. The lowest BCUT2D eigenvalue weighted by atomic mass is 9.81. The van der Waals surface area contributed by atoms with Gasteiger partial charge in [-0.3, -0.25) is 33.6 Å². The molecular weight excluding hydrogens is 1390 g/mol. The standard InChI is InChI=1S/C89H151NO19/c1-12-15-17-19-21-23-25-27-29-31-33-37-41-49-80(93)104-63-72(64-105-81(94)50-42-38-34-32-30-28-26-24-22-20-18-16-13-2)106-82(95)51-43-39-35-36-40-44-52-83(96)107-76-54-53-70(61-77(76)101-9)59-67(6)84-69(8)74(91)62-75(92)71(47-14-3)57-65(4)56-66(5)58-78(102-10)85-79(103-11)60-68(7)89(100,109-85)86(97)87(98)90-55-46-45-48-73(90)88(99)108-84/h14,57,59,66,68-74,76-79,84-85,91,100H,3,12-13,15-56,58,60-64H2,1-2,4-11H3/b65-57+,67-59+/t66-,68+,69+,70-,71+,73-,74-,76+,77+,78-,79-,84+,85+,89+/m0/s1. The van der Waals surface area contributed by atoms with E-state index in [0.29, 0.717) is 69.8 Å². The molecule has 2 N–H and O–H groups in total. The minimum Gasteiger partial charge on any atom is -0.462 e. The Morgan fingerprint density at radius 1 is 0.596 bits per heavy atom. The number of methoxy groups -OCH3 is 3. The van der Waals surface area contributed by atoms with Gasteiger partial charge in [0.1, 0.15) is 43.4 Å². The molecule has 4 aliphatic rings. The fourth-order valence-corrected chi connectivity index (χ4v) is 16.5. The molecule has 20 nitrogen and oxygen atoms in total. The molecule has 109 heavy (non-hydrogen) atoms. The van der Waals surface area contributed by atoms with E-state index in [-0.39, 0.29) is 100 Å². The highest BCUT2D eigenvalue weighted by molar-refractivity contribution is 6.39. The van der Waals surface area contributed by atoms with Gasteiger partial charge in [-0.25, -0.2) is 4.79 Å². The zero-order valence-electron chi connectivity index (χ0n) is 69.7. The molecule has 0 aromatic rings. The van der Waals surface area contributed by atoms with Gasteiger partial charge < -0.3 is 57.7 Å². The summed E-state index contributed by atoms with van der Waals surface area (Å²) in [7, 11) is 4.63. The molecule has 1 aliphatic carbocycles. The Bertz CT molecular complexity index is 2630. The van der Waals surface area contributed by atoms with Crippen molar-refractivity contribution in [3.63, 3.8) is 0 Å². The van der Waals surface area contributed by atoms with Crippen molar-refractivity contribution < 1.29 is 91.2 Å². The van der Waals surface area contributed by atoms with Crippen LogP contribution in [0.25, 0.3) is 0 Å². The smallest absolute Gasteiger partial charge is 0.329 e. The average Bonchev–Trinajstić information content (AvgIpc) is 0.817. The van der Waals surface area contributed by atoms with Gasteiger partial charge in [0.15, 0.2) is 6.10 Å². The van der Waals surface area contributed by atoms with E-state index in [2.05, 4.69) is 20.4 Å². The first kappa shape index (κ1) is 96.5. The molecule has 14 atom stereocenters. The fraction of sp³-hybridized carbons (Fsp3) is 0.843. The summed E-state index contributed by atoms with van der Waals surface area (Å²) < 4.78 is 53.6. The molecule has 1 saturated carbocycles. The van der Waals surface area contributed by atoms with Crippen LogP contribution < -0.4 is 0 Å². The number of amides is 1. The second kappa shape index (κ2) is 56.4. The summed E-state index contributed by atoms with van der Waals surface area (Å²) in [6.07, 6.45) is 40.1. The van der Waals surface area contributed by atoms with Gasteiger partial charge in [-0.1, -0.05) is 238 Å². The maximum atomic E-state index is 14.8. The number of fused-ring (bicyclic) bond motifs is 3. The Labute approximate surface area is 657 Å². The van der Waals surface area contributed by atoms with Crippen LogP contribution in [0.3, 0.4) is 0 Å². The summed E-state index contributed by atoms with van der Waals surface area (Å²) in [5.74, 6) is -9.74. The van der Waals surface area contributed by atoms with Crippen molar-refractivity contribution in [3.05, 3.63) is 36.0 Å². The number of carbonyl (C=O) groups is 8. The van der Waals surface area contributed by atoms with Crippen molar-refractivity contribution in [2.45, 2.75) is 411 Å². The van der Waals surface area contributed by atoms with Gasteiger partial charge in [-0.2, -0.15) is 0 Å². The number of cyclic esters (lactones) is 1. The number of rotatable bonds is 50. The highest BCUT2D eigenvalue weighted by Crippen LogP contribution is 2.40. The van der Waals surface area contributed by atoms with E-state index in [4.69, 9.17) is 42.6 Å². The maximum Gasteiger partial charge on any atom is 0.329 e. The van der Waals surface area contributed by atoms with Gasteiger partial charge in [0.25, 0.3) is 11.7 Å². The zero-order valence-corrected chi connectivity index (χ0v) is 69.7. The summed E-state index contributed by atoms with van der Waals surface area (Å²) in [5.41, 5.74) is 1.53. The predicted octanol–water partition coefficient (Wildman–Crippen LogP) is 18.3. The van der Waals surface area contributed by atoms with E-state index in [0.717, 1.165) is 69.8 Å². The van der Waals surface area contributed by atoms with Crippen LogP contribution in [0.15, 0.2) is 36.0 Å². The van der Waals surface area contributed by atoms with Crippen molar-refractivity contribution in [2.75, 3.05) is 41.1 Å². The van der Waals surface area contributed by atoms with E-state index in [1.807, 2.05) is 32.9 Å². The summed E-state index contributed by atoms with van der Waals surface area (Å²) in [6.45, 7) is 17.3. The van der Waals surface area contributed by atoms with Crippen LogP contribution in [-0.2, 0) is 81.0 Å². The molecule has 0 unspecified atom stereocenters. The number of Topliss-reactive ketones (excluding diaryl/α,β-unsaturated/α-hetero) is 2. The summed E-state index contributed by atoms with van der Waals surface area (Å²) in [5, 5.41) is 24.3. The summed E-state index contributed by atoms with van der Waals surface area (Å²) in [4.78, 5) is 112. The molecule has 626 valence electrons. The van der Waals surface area contributed by atoms with E-state index in [1.54, 1.807) is 27.0 Å². The number of aliphatic hydroxyl groups is 2. The van der Waals surface area contributed by atoms with Crippen molar-refractivity contribution in [1.29, 1.82) is 0 Å². The van der Waals surface area contributed by atoms with Crippen molar-refractivity contribution in [3.8, 4) is 0 Å². The van der Waals surface area contributed by atoms with Gasteiger partial charge in [-0.05, 0) is 121 Å². The fourth-order valence-electron chi connectivity index (χ4n) is 16.5. The topological polar surface area (TPSA) is 263 Å². The Balaban J connectivity index is 1.29. The summed E-state index contributed by atoms with van der Waals surface area (Å²) in [6, 6.07) is -1.21. The molecule has 3 aliphatic heterocycles. The first-order valence-corrected chi connectivity index (χ1v) is 43.5.